The average molecular weight is 810 g/mol. The van der Waals surface area contributed by atoms with Crippen molar-refractivity contribution in [2.75, 3.05) is 6.54 Å². The lowest BCUT2D eigenvalue weighted by atomic mass is 9.98. The van der Waals surface area contributed by atoms with Gasteiger partial charge in [-0.25, -0.2) is 0 Å². The summed E-state index contributed by atoms with van der Waals surface area (Å²) >= 11 is 6.27. The minimum Gasteiger partial charge on any atom is -0.381 e. The van der Waals surface area contributed by atoms with Crippen LogP contribution in [0.15, 0.2) is 54.7 Å². The zero-order valence-electron chi connectivity index (χ0n) is 32.3. The molecule has 0 aliphatic carbocycles. The third-order valence-corrected chi connectivity index (χ3v) is 9.95. The van der Waals surface area contributed by atoms with Crippen molar-refractivity contribution in [3.63, 3.8) is 0 Å². The number of rotatable bonds is 11. The molecule has 12 N–H and O–H groups in total. The number of aliphatic hydroxyl groups excluding tert-OH is 1. The van der Waals surface area contributed by atoms with Crippen LogP contribution in [0.4, 0.5) is 0 Å². The van der Waals surface area contributed by atoms with Gasteiger partial charge in [-0.05, 0) is 60.5 Å². The van der Waals surface area contributed by atoms with Gasteiger partial charge in [-0.2, -0.15) is 0 Å². The fourth-order valence-electron chi connectivity index (χ4n) is 6.47. The Morgan fingerprint density at radius 2 is 1.21 bits per heavy atom. The summed E-state index contributed by atoms with van der Waals surface area (Å²) in [6, 6.07) is 5.36. The first-order chi connectivity index (χ1) is 27.0. The lowest BCUT2D eigenvalue weighted by Crippen LogP contribution is -2.65. The normalized spacial score (nSPS) is 23.7. The minimum absolute atomic E-state index is 0.0243. The summed E-state index contributed by atoms with van der Waals surface area (Å²) in [5.41, 5.74) is 13.0. The number of hydrogen-bond donors (Lipinski definition) is 10. The lowest BCUT2D eigenvalue weighted by Gasteiger charge is -2.31. The van der Waals surface area contributed by atoms with Crippen LogP contribution >= 0.6 is 11.6 Å². The summed E-state index contributed by atoms with van der Waals surface area (Å²) in [4.78, 5) is 99.4. The van der Waals surface area contributed by atoms with Crippen molar-refractivity contribution < 1.29 is 38.7 Å². The van der Waals surface area contributed by atoms with E-state index in [0.717, 1.165) is 0 Å². The smallest absolute Gasteiger partial charge is 0.248 e. The summed E-state index contributed by atoms with van der Waals surface area (Å²) < 4.78 is 0. The van der Waals surface area contributed by atoms with Gasteiger partial charge in [0.05, 0.1) is 0 Å². The number of nitrogens with two attached hydrogens (primary N) is 2. The molecule has 7 unspecified atom stereocenters. The molecule has 0 saturated carbocycles. The highest BCUT2D eigenvalue weighted by Crippen LogP contribution is 2.24. The Labute approximate surface area is 335 Å². The number of carbonyl (C=O) groups is 7. The Morgan fingerprint density at radius 1 is 0.702 bits per heavy atom. The van der Waals surface area contributed by atoms with Crippen molar-refractivity contribution >= 4 is 63.9 Å². The zero-order valence-corrected chi connectivity index (χ0v) is 33.0. The van der Waals surface area contributed by atoms with Crippen LogP contribution in [0.2, 0.25) is 5.02 Å². The molecule has 0 radical (unpaired) electrons. The fourth-order valence-corrected chi connectivity index (χ4v) is 6.64. The molecule has 7 atom stereocenters. The third kappa shape index (κ3) is 11.8. The second kappa shape index (κ2) is 20.1. The van der Waals surface area contributed by atoms with E-state index in [9.17, 15) is 38.7 Å². The molecule has 0 spiro atoms. The Bertz CT molecular complexity index is 1940. The number of primary amides is 1. The fraction of sp³-hybridized carbons (Fsp3) is 0.462. The standard InChI is InChI=1S/C39H52ClN9O8/c1-19(2)29-37(55)44-26(11-8-14-41)34(52)49-31(32(50)33(42)51)39(57)46-28(16-22-18-43-25-13-12-23(40)17-24(22)25)36(54)48-30(20(3)4)38(56)45-27(35(53)47-29)15-21-9-6-5-7-10-21/h5-7,9-10,12-13,17-20,26-32,43,50H,8,11,14-16,41H2,1-4H3,(H2,42,51)(H,44,55)(H,45,56)(H,46,57)(H,47,53)(H,48,54)(H,49,52). The Hall–Kier alpha value is -5.52. The van der Waals surface area contributed by atoms with Gasteiger partial charge < -0.3 is 53.5 Å². The molecule has 57 heavy (non-hydrogen) atoms. The van der Waals surface area contributed by atoms with Crippen LogP contribution in [0.3, 0.4) is 0 Å². The molecule has 1 saturated heterocycles. The highest BCUT2D eigenvalue weighted by Gasteiger charge is 2.39. The van der Waals surface area contributed by atoms with Gasteiger partial charge in [-0.1, -0.05) is 69.6 Å². The molecule has 1 aliphatic rings. The van der Waals surface area contributed by atoms with E-state index in [4.69, 9.17) is 23.1 Å². The number of fused-ring (bicyclic) bond motifs is 1. The first kappa shape index (κ1) is 44.2. The van der Waals surface area contributed by atoms with Crippen LogP contribution in [-0.2, 0) is 46.4 Å². The van der Waals surface area contributed by atoms with Crippen molar-refractivity contribution in [3.05, 3.63) is 70.9 Å². The molecule has 4 rings (SSSR count). The number of benzene rings is 2. The van der Waals surface area contributed by atoms with Gasteiger partial charge in [-0.3, -0.25) is 33.6 Å². The Kier molecular flexibility index (Phi) is 15.6. The molecule has 2 aromatic carbocycles. The topological polar surface area (TPSA) is 280 Å². The number of halogens is 1. The Morgan fingerprint density at radius 3 is 1.75 bits per heavy atom. The van der Waals surface area contributed by atoms with Crippen molar-refractivity contribution in [2.24, 2.45) is 23.3 Å². The van der Waals surface area contributed by atoms with Crippen molar-refractivity contribution in [2.45, 2.75) is 95.7 Å². The van der Waals surface area contributed by atoms with Crippen LogP contribution in [0.25, 0.3) is 10.9 Å². The van der Waals surface area contributed by atoms with Gasteiger partial charge in [0.2, 0.25) is 41.4 Å². The van der Waals surface area contributed by atoms with Gasteiger partial charge in [0.15, 0.2) is 6.10 Å². The molecule has 308 valence electrons. The zero-order chi connectivity index (χ0) is 42.0. The molecule has 1 fully saturated rings. The number of H-pyrrole nitrogens is 1. The molecule has 18 heteroatoms. The van der Waals surface area contributed by atoms with E-state index in [2.05, 4.69) is 36.9 Å². The van der Waals surface area contributed by atoms with Crippen LogP contribution in [0.5, 0.6) is 0 Å². The maximum atomic E-state index is 14.3. The molecule has 17 nitrogen and oxygen atoms in total. The van der Waals surface area contributed by atoms with Crippen molar-refractivity contribution in [1.29, 1.82) is 0 Å². The summed E-state index contributed by atoms with van der Waals surface area (Å²) in [6.45, 7) is 6.81. The molecule has 0 bridgehead atoms. The van der Waals surface area contributed by atoms with E-state index in [0.29, 0.717) is 27.1 Å². The van der Waals surface area contributed by atoms with E-state index < -0.39 is 95.5 Å². The van der Waals surface area contributed by atoms with Crippen LogP contribution in [0, 0.1) is 11.8 Å². The monoisotopic (exact) mass is 809 g/mol. The highest BCUT2D eigenvalue weighted by atomic mass is 35.5. The summed E-state index contributed by atoms with van der Waals surface area (Å²) in [5, 5.41) is 27.5. The largest absolute Gasteiger partial charge is 0.381 e. The van der Waals surface area contributed by atoms with Crippen LogP contribution in [-0.4, -0.2) is 100 Å². The SMILES string of the molecule is CC(C)C1NC(=O)C(Cc2c[nH]c3ccc(Cl)cc23)NC(=O)C(C(O)C(N)=O)NC(=O)C(CCCN)NC(=O)C(C(C)C)NC(=O)C(Cc2ccccc2)NC1=O. The number of nitrogens with one attached hydrogen (secondary N) is 7. The molecule has 1 aromatic heterocycles. The number of aliphatic hydroxyl groups is 1. The first-order valence-electron chi connectivity index (χ1n) is 18.8. The van der Waals surface area contributed by atoms with E-state index >= 15 is 0 Å². The Balaban J connectivity index is 1.83. The third-order valence-electron chi connectivity index (χ3n) is 9.71. The predicted molar refractivity (Wildman–Crippen MR) is 212 cm³/mol. The average Bonchev–Trinajstić information content (AvgIpc) is 3.56. The number of hydrogen-bond acceptors (Lipinski definition) is 9. The summed E-state index contributed by atoms with van der Waals surface area (Å²) in [6.07, 6.45) is -0.646. The molecule has 3 aromatic rings. The molecular weight excluding hydrogens is 758 g/mol. The van der Waals surface area contributed by atoms with Crippen molar-refractivity contribution in [1.82, 2.24) is 36.9 Å². The van der Waals surface area contributed by atoms with Crippen LogP contribution < -0.4 is 43.4 Å². The number of aromatic nitrogens is 1. The quantitative estimate of drug-likeness (QED) is 0.119. The van der Waals surface area contributed by atoms with E-state index in [1.54, 1.807) is 82.4 Å². The van der Waals surface area contributed by atoms with E-state index in [1.165, 1.54) is 0 Å². The van der Waals surface area contributed by atoms with Gasteiger partial charge in [-0.15, -0.1) is 0 Å². The van der Waals surface area contributed by atoms with Crippen LogP contribution in [0.1, 0.15) is 51.7 Å². The van der Waals surface area contributed by atoms with Gasteiger partial charge in [0, 0.05) is 35.0 Å². The highest BCUT2D eigenvalue weighted by molar-refractivity contribution is 6.31. The first-order valence-corrected chi connectivity index (χ1v) is 19.2. The number of amides is 7. The second-order valence-electron chi connectivity index (χ2n) is 14.8. The van der Waals surface area contributed by atoms with E-state index in [-0.39, 0.29) is 32.2 Å². The molecule has 2 heterocycles. The predicted octanol–water partition coefficient (Wildman–Crippen LogP) is -0.574. The van der Waals surface area contributed by atoms with E-state index in [1.807, 2.05) is 0 Å². The van der Waals surface area contributed by atoms with Gasteiger partial charge >= 0.3 is 0 Å². The summed E-state index contributed by atoms with van der Waals surface area (Å²) in [7, 11) is 0. The number of aromatic amines is 1. The van der Waals surface area contributed by atoms with Crippen molar-refractivity contribution in [3.8, 4) is 0 Å². The number of carbonyl (C=O) groups excluding carboxylic acids is 7. The van der Waals surface area contributed by atoms with Gasteiger partial charge in [0.1, 0.15) is 36.3 Å². The van der Waals surface area contributed by atoms with Gasteiger partial charge in [0.25, 0.3) is 0 Å². The molecular formula is C39H52ClN9O8. The maximum Gasteiger partial charge on any atom is 0.248 e. The maximum absolute atomic E-state index is 14.3. The summed E-state index contributed by atoms with van der Waals surface area (Å²) in [5.74, 6) is -7.61. The lowest BCUT2D eigenvalue weighted by molar-refractivity contribution is -0.141. The molecule has 7 amide bonds. The molecule has 1 aliphatic heterocycles. The minimum atomic E-state index is -2.28. The second-order valence-corrected chi connectivity index (χ2v) is 15.2.